The average molecular weight is 299 g/mol. The highest BCUT2D eigenvalue weighted by Crippen LogP contribution is 2.33. The molecule has 21 heavy (non-hydrogen) atoms. The Hall–Kier alpha value is -1.89. The largest absolute Gasteiger partial charge is 0.419 e. The van der Waals surface area contributed by atoms with Crippen LogP contribution in [0.5, 0.6) is 0 Å². The summed E-state index contributed by atoms with van der Waals surface area (Å²) in [6, 6.07) is 3.30. The first-order chi connectivity index (χ1) is 9.93. The number of nitrogens with one attached hydrogen (secondary N) is 1. The van der Waals surface area contributed by atoms with E-state index in [2.05, 4.69) is 10.3 Å². The second-order valence-corrected chi connectivity index (χ2v) is 5.09. The fraction of sp³-hybridized carbons (Fsp3) is 0.357. The van der Waals surface area contributed by atoms with Crippen molar-refractivity contribution in [3.63, 3.8) is 0 Å². The van der Waals surface area contributed by atoms with E-state index in [1.54, 1.807) is 12.5 Å². The molecule has 0 saturated carbocycles. The van der Waals surface area contributed by atoms with E-state index < -0.39 is 17.6 Å². The highest BCUT2D eigenvalue weighted by Gasteiger charge is 2.34. The van der Waals surface area contributed by atoms with Crippen molar-refractivity contribution in [2.45, 2.75) is 25.2 Å². The van der Waals surface area contributed by atoms with Crippen molar-refractivity contribution in [1.29, 1.82) is 0 Å². The average Bonchev–Trinajstić information content (AvgIpc) is 2.81. The monoisotopic (exact) mass is 299 g/mol. The zero-order chi connectivity index (χ0) is 15.0. The Balaban J connectivity index is 1.86. The zero-order valence-corrected chi connectivity index (χ0v) is 11.0. The summed E-state index contributed by atoms with van der Waals surface area (Å²) in [5.74, 6) is -1.27. The van der Waals surface area contributed by atoms with Gasteiger partial charge in [-0.15, -0.1) is 0 Å². The van der Waals surface area contributed by atoms with Gasteiger partial charge in [-0.25, -0.2) is 9.37 Å². The number of halogens is 4. The van der Waals surface area contributed by atoms with Gasteiger partial charge in [0.25, 0.3) is 0 Å². The Morgan fingerprint density at radius 2 is 2.10 bits per heavy atom. The molecule has 2 heterocycles. The van der Waals surface area contributed by atoms with Crippen molar-refractivity contribution in [2.24, 2.45) is 0 Å². The van der Waals surface area contributed by atoms with Crippen molar-refractivity contribution in [1.82, 2.24) is 14.9 Å². The van der Waals surface area contributed by atoms with Crippen molar-refractivity contribution in [3.05, 3.63) is 42.1 Å². The third kappa shape index (κ3) is 2.92. The lowest BCUT2D eigenvalue weighted by atomic mass is 10.1. The number of hydrogen-bond donors (Lipinski definition) is 1. The molecule has 1 unspecified atom stereocenters. The predicted octanol–water partition coefficient (Wildman–Crippen LogP) is 3.07. The van der Waals surface area contributed by atoms with Crippen molar-refractivity contribution >= 4 is 0 Å². The quantitative estimate of drug-likeness (QED) is 0.883. The number of nitrogens with zero attached hydrogens (tertiary/aromatic N) is 2. The van der Waals surface area contributed by atoms with Crippen LogP contribution in [0.1, 0.15) is 12.0 Å². The molecular formula is C14H13F4N3. The smallest absolute Gasteiger partial charge is 0.335 e. The van der Waals surface area contributed by atoms with Gasteiger partial charge < -0.3 is 9.88 Å². The minimum Gasteiger partial charge on any atom is -0.335 e. The maximum absolute atomic E-state index is 13.3. The van der Waals surface area contributed by atoms with Crippen LogP contribution in [0, 0.1) is 5.82 Å². The topological polar surface area (TPSA) is 29.9 Å². The van der Waals surface area contributed by atoms with E-state index in [1.165, 1.54) is 6.07 Å². The SMILES string of the molecule is Fc1ccc(-c2cn(CC3CCN3)cn2)cc1C(F)(F)F. The molecule has 0 amide bonds. The van der Waals surface area contributed by atoms with Crippen LogP contribution in [0.3, 0.4) is 0 Å². The van der Waals surface area contributed by atoms with Gasteiger partial charge in [-0.1, -0.05) is 0 Å². The van der Waals surface area contributed by atoms with Crippen LogP contribution in [-0.2, 0) is 12.7 Å². The summed E-state index contributed by atoms with van der Waals surface area (Å²) < 4.78 is 53.2. The van der Waals surface area contributed by atoms with Crippen LogP contribution in [-0.4, -0.2) is 22.1 Å². The standard InChI is InChI=1S/C14H13F4N3/c15-12-2-1-9(5-11(12)14(16,17)18)13-7-21(8-20-13)6-10-3-4-19-10/h1-2,5,7-8,10,19H,3-4,6H2. The third-order valence-corrected chi connectivity index (χ3v) is 3.56. The van der Waals surface area contributed by atoms with Crippen molar-refractivity contribution < 1.29 is 17.6 Å². The molecule has 0 bridgehead atoms. The maximum atomic E-state index is 13.3. The van der Waals surface area contributed by atoms with Crippen LogP contribution in [0.4, 0.5) is 17.6 Å². The van der Waals surface area contributed by atoms with Gasteiger partial charge in [-0.2, -0.15) is 13.2 Å². The first kappa shape index (κ1) is 14.1. The van der Waals surface area contributed by atoms with Crippen LogP contribution >= 0.6 is 0 Å². The second-order valence-electron chi connectivity index (χ2n) is 5.09. The van der Waals surface area contributed by atoms with E-state index >= 15 is 0 Å². The molecule has 7 heteroatoms. The number of aromatic nitrogens is 2. The Kier molecular flexibility index (Phi) is 3.44. The molecule has 112 valence electrons. The Morgan fingerprint density at radius 3 is 2.71 bits per heavy atom. The van der Waals surface area contributed by atoms with Crippen LogP contribution in [0.25, 0.3) is 11.3 Å². The molecule has 0 aliphatic carbocycles. The summed E-state index contributed by atoms with van der Waals surface area (Å²) in [4.78, 5) is 4.10. The summed E-state index contributed by atoms with van der Waals surface area (Å²) in [6.45, 7) is 1.71. The lowest BCUT2D eigenvalue weighted by molar-refractivity contribution is -0.139. The molecule has 0 radical (unpaired) electrons. The number of benzene rings is 1. The number of imidazole rings is 1. The van der Waals surface area contributed by atoms with E-state index in [4.69, 9.17) is 0 Å². The summed E-state index contributed by atoms with van der Waals surface area (Å²) in [7, 11) is 0. The van der Waals surface area contributed by atoms with Crippen molar-refractivity contribution in [3.8, 4) is 11.3 Å². The normalized spacial score (nSPS) is 18.6. The predicted molar refractivity (Wildman–Crippen MR) is 69.0 cm³/mol. The molecule has 1 aliphatic heterocycles. The molecule has 1 fully saturated rings. The van der Waals surface area contributed by atoms with E-state index in [-0.39, 0.29) is 5.56 Å². The summed E-state index contributed by atoms with van der Waals surface area (Å²) in [5.41, 5.74) is -0.612. The Labute approximate surface area is 118 Å². The van der Waals surface area contributed by atoms with E-state index in [0.29, 0.717) is 11.7 Å². The van der Waals surface area contributed by atoms with Crippen LogP contribution in [0.2, 0.25) is 0 Å². The van der Waals surface area contributed by atoms with Gasteiger partial charge in [0.1, 0.15) is 5.82 Å². The molecule has 3 rings (SSSR count). The molecule has 2 aromatic rings. The Morgan fingerprint density at radius 1 is 1.33 bits per heavy atom. The van der Waals surface area contributed by atoms with E-state index in [1.807, 2.05) is 4.57 Å². The summed E-state index contributed by atoms with van der Waals surface area (Å²) in [5, 5.41) is 3.23. The van der Waals surface area contributed by atoms with Gasteiger partial charge >= 0.3 is 6.18 Å². The number of hydrogen-bond acceptors (Lipinski definition) is 2. The van der Waals surface area contributed by atoms with Gasteiger partial charge in [-0.05, 0) is 31.2 Å². The zero-order valence-electron chi connectivity index (χ0n) is 11.0. The molecule has 1 aromatic carbocycles. The molecule has 0 spiro atoms. The van der Waals surface area contributed by atoms with Crippen molar-refractivity contribution in [2.75, 3.05) is 6.54 Å². The molecule has 1 saturated heterocycles. The van der Waals surface area contributed by atoms with Gasteiger partial charge in [0.05, 0.1) is 17.6 Å². The molecule has 1 atom stereocenters. The van der Waals surface area contributed by atoms with Gasteiger partial charge in [-0.3, -0.25) is 0 Å². The lowest BCUT2D eigenvalue weighted by Crippen LogP contribution is -2.45. The fourth-order valence-electron chi connectivity index (χ4n) is 2.27. The van der Waals surface area contributed by atoms with Crippen LogP contribution < -0.4 is 5.32 Å². The fourth-order valence-corrected chi connectivity index (χ4v) is 2.27. The molecule has 1 N–H and O–H groups in total. The molecular weight excluding hydrogens is 286 g/mol. The molecule has 1 aliphatic rings. The maximum Gasteiger partial charge on any atom is 0.419 e. The summed E-state index contributed by atoms with van der Waals surface area (Å²) >= 11 is 0. The minimum absolute atomic E-state index is 0.254. The van der Waals surface area contributed by atoms with Gasteiger partial charge in [0.2, 0.25) is 0 Å². The number of rotatable bonds is 3. The highest BCUT2D eigenvalue weighted by atomic mass is 19.4. The van der Waals surface area contributed by atoms with Gasteiger partial charge in [0, 0.05) is 24.3 Å². The van der Waals surface area contributed by atoms with E-state index in [0.717, 1.165) is 31.6 Å². The first-order valence-corrected chi connectivity index (χ1v) is 6.56. The third-order valence-electron chi connectivity index (χ3n) is 3.56. The Bertz CT molecular complexity index is 644. The molecule has 1 aromatic heterocycles. The first-order valence-electron chi connectivity index (χ1n) is 6.56. The van der Waals surface area contributed by atoms with E-state index in [9.17, 15) is 17.6 Å². The lowest BCUT2D eigenvalue weighted by Gasteiger charge is -2.27. The minimum atomic E-state index is -4.71. The van der Waals surface area contributed by atoms with Gasteiger partial charge in [0.15, 0.2) is 0 Å². The highest BCUT2D eigenvalue weighted by molar-refractivity contribution is 5.59. The second kappa shape index (κ2) is 5.14. The van der Waals surface area contributed by atoms with Crippen LogP contribution in [0.15, 0.2) is 30.7 Å². The molecule has 3 nitrogen and oxygen atoms in total. The summed E-state index contributed by atoms with van der Waals surface area (Å²) in [6.07, 6.45) is -0.389. The number of alkyl halides is 3.